The number of anilines is 2. The zero-order valence-corrected chi connectivity index (χ0v) is 22.0. The summed E-state index contributed by atoms with van der Waals surface area (Å²) in [4.78, 5) is 66.4. The molecule has 0 aromatic heterocycles. The summed E-state index contributed by atoms with van der Waals surface area (Å²) in [6.07, 6.45) is 3.25. The van der Waals surface area contributed by atoms with Crippen LogP contribution in [0.25, 0.3) is 12.2 Å². The van der Waals surface area contributed by atoms with Crippen molar-refractivity contribution >= 4 is 75.3 Å². The van der Waals surface area contributed by atoms with E-state index < -0.39 is 22.3 Å². The van der Waals surface area contributed by atoms with Gasteiger partial charge in [-0.25, -0.2) is 0 Å². The molecule has 2 aliphatic heterocycles. The number of rotatable bonds is 7. The Bertz CT molecular complexity index is 1330. The topological polar surface area (TPSA) is 107 Å². The highest BCUT2D eigenvalue weighted by atomic mass is 32.2. The van der Waals surface area contributed by atoms with E-state index in [0.717, 1.165) is 44.6 Å². The number of amides is 5. The van der Waals surface area contributed by atoms with E-state index in [1.54, 1.807) is 36.4 Å². The first-order valence-electron chi connectivity index (χ1n) is 11.3. The normalized spacial score (nSPS) is 17.9. The molecule has 4 rings (SSSR count). The number of carbonyl (C=O) groups is 5. The Kier molecular flexibility index (Phi) is 7.84. The van der Waals surface area contributed by atoms with Gasteiger partial charge in [-0.2, -0.15) is 0 Å². The van der Waals surface area contributed by atoms with Crippen molar-refractivity contribution < 1.29 is 24.0 Å². The lowest BCUT2D eigenvalue weighted by atomic mass is 10.2. The molecule has 5 amide bonds. The number of hydrogen-bond acceptors (Lipinski definition) is 8. The van der Waals surface area contributed by atoms with Gasteiger partial charge in [0.15, 0.2) is 0 Å². The molecule has 0 spiro atoms. The van der Waals surface area contributed by atoms with Crippen LogP contribution in [0.5, 0.6) is 0 Å². The van der Waals surface area contributed by atoms with Gasteiger partial charge in [-0.05, 0) is 71.1 Å². The molecule has 0 aliphatic carbocycles. The highest BCUT2D eigenvalue weighted by molar-refractivity contribution is 8.18. The van der Waals surface area contributed by atoms with Crippen LogP contribution in [0.4, 0.5) is 21.0 Å². The number of nitrogens with zero attached hydrogens (tertiary/aromatic N) is 3. The fourth-order valence-electron chi connectivity index (χ4n) is 3.62. The molecule has 11 heteroatoms. The maximum Gasteiger partial charge on any atom is 0.293 e. The van der Waals surface area contributed by atoms with Crippen molar-refractivity contribution in [3.8, 4) is 0 Å². The Morgan fingerprint density at radius 3 is 1.62 bits per heavy atom. The molecule has 37 heavy (non-hydrogen) atoms. The molecule has 1 N–H and O–H groups in total. The van der Waals surface area contributed by atoms with Gasteiger partial charge in [-0.1, -0.05) is 24.3 Å². The molecular weight excluding hydrogens is 512 g/mol. The molecule has 2 aromatic carbocycles. The molecule has 0 atom stereocenters. The van der Waals surface area contributed by atoms with Gasteiger partial charge in [0.2, 0.25) is 5.91 Å². The standard InChI is InChI=1S/C26H24N4O5S2/c1-16(31)27-19-8-4-17(5-9-19)14-21-23(32)29(25(34)36-21)12-13-30-24(33)22(37-26(30)35)15-18-6-10-20(11-7-18)28(2)3/h4-11,14-15H,12-13H2,1-3H3,(H,27,31)/b21-14+,22-15-. The summed E-state index contributed by atoms with van der Waals surface area (Å²) in [5.41, 5.74) is 3.11. The van der Waals surface area contributed by atoms with Crippen LogP contribution in [0.3, 0.4) is 0 Å². The summed E-state index contributed by atoms with van der Waals surface area (Å²) in [5, 5.41) is 1.76. The minimum Gasteiger partial charge on any atom is -0.378 e. The van der Waals surface area contributed by atoms with E-state index in [9.17, 15) is 24.0 Å². The van der Waals surface area contributed by atoms with Gasteiger partial charge in [0.25, 0.3) is 22.3 Å². The molecule has 190 valence electrons. The quantitative estimate of drug-likeness (QED) is 0.516. The van der Waals surface area contributed by atoms with E-state index in [-0.39, 0.29) is 23.9 Å². The van der Waals surface area contributed by atoms with Crippen molar-refractivity contribution in [2.75, 3.05) is 37.4 Å². The molecule has 2 aromatic rings. The summed E-state index contributed by atoms with van der Waals surface area (Å²) in [6, 6.07) is 14.4. The number of carbonyl (C=O) groups excluding carboxylic acids is 5. The van der Waals surface area contributed by atoms with Gasteiger partial charge >= 0.3 is 0 Å². The third-order valence-electron chi connectivity index (χ3n) is 5.53. The third kappa shape index (κ3) is 6.12. The Morgan fingerprint density at radius 1 is 0.784 bits per heavy atom. The minimum atomic E-state index is -0.482. The lowest BCUT2D eigenvalue weighted by Gasteiger charge is -2.17. The average molecular weight is 537 g/mol. The molecule has 9 nitrogen and oxygen atoms in total. The second kappa shape index (κ2) is 11.1. The van der Waals surface area contributed by atoms with Gasteiger partial charge < -0.3 is 10.2 Å². The van der Waals surface area contributed by atoms with E-state index >= 15 is 0 Å². The van der Waals surface area contributed by atoms with Gasteiger partial charge in [-0.3, -0.25) is 33.8 Å². The highest BCUT2D eigenvalue weighted by Gasteiger charge is 2.39. The summed E-state index contributed by atoms with van der Waals surface area (Å²) in [7, 11) is 3.86. The van der Waals surface area contributed by atoms with Crippen LogP contribution in [-0.2, 0) is 14.4 Å². The summed E-state index contributed by atoms with van der Waals surface area (Å²) in [6.45, 7) is 1.23. The monoisotopic (exact) mass is 536 g/mol. The van der Waals surface area contributed by atoms with Crippen molar-refractivity contribution in [2.45, 2.75) is 6.92 Å². The van der Waals surface area contributed by atoms with E-state index in [2.05, 4.69) is 5.32 Å². The van der Waals surface area contributed by atoms with Crippen molar-refractivity contribution in [3.63, 3.8) is 0 Å². The van der Waals surface area contributed by atoms with Crippen LogP contribution in [0.1, 0.15) is 18.1 Å². The molecule has 2 fully saturated rings. The van der Waals surface area contributed by atoms with Gasteiger partial charge in [-0.15, -0.1) is 0 Å². The first-order chi connectivity index (χ1) is 17.6. The lowest BCUT2D eigenvalue weighted by molar-refractivity contribution is -0.125. The Balaban J connectivity index is 1.39. The molecule has 0 saturated carbocycles. The van der Waals surface area contributed by atoms with Crippen LogP contribution in [-0.4, -0.2) is 65.2 Å². The largest absolute Gasteiger partial charge is 0.378 e. The summed E-state index contributed by atoms with van der Waals surface area (Å²) in [5.74, 6) is -1.12. The SMILES string of the molecule is CC(=O)Nc1ccc(/C=C2/SC(=O)N(CCN3C(=O)S/C(=C\c4ccc(N(C)C)cc4)C3=O)C2=O)cc1. The predicted octanol–water partition coefficient (Wildman–Crippen LogP) is 4.48. The fourth-order valence-corrected chi connectivity index (χ4v) is 5.35. The number of thioether (sulfide) groups is 2. The molecule has 0 unspecified atom stereocenters. The average Bonchev–Trinajstić information content (AvgIpc) is 3.27. The zero-order chi connectivity index (χ0) is 26.7. The van der Waals surface area contributed by atoms with Gasteiger partial charge in [0.1, 0.15) is 0 Å². The highest BCUT2D eigenvalue weighted by Crippen LogP contribution is 2.34. The van der Waals surface area contributed by atoms with Crippen molar-refractivity contribution in [3.05, 3.63) is 69.5 Å². The number of benzene rings is 2. The lowest BCUT2D eigenvalue weighted by Crippen LogP contribution is -2.39. The number of hydrogen-bond donors (Lipinski definition) is 1. The van der Waals surface area contributed by atoms with Crippen LogP contribution >= 0.6 is 23.5 Å². The number of nitrogens with one attached hydrogen (secondary N) is 1. The second-order valence-corrected chi connectivity index (χ2v) is 10.4. The van der Waals surface area contributed by atoms with Crippen LogP contribution < -0.4 is 10.2 Å². The Labute approximate surface area is 222 Å². The predicted molar refractivity (Wildman–Crippen MR) is 147 cm³/mol. The van der Waals surface area contributed by atoms with Crippen LogP contribution in [0, 0.1) is 0 Å². The van der Waals surface area contributed by atoms with E-state index in [1.165, 1.54) is 6.92 Å². The summed E-state index contributed by atoms with van der Waals surface area (Å²) >= 11 is 1.64. The van der Waals surface area contributed by atoms with Crippen molar-refractivity contribution in [2.24, 2.45) is 0 Å². The van der Waals surface area contributed by atoms with Crippen molar-refractivity contribution in [1.82, 2.24) is 9.80 Å². The van der Waals surface area contributed by atoms with Gasteiger partial charge in [0, 0.05) is 45.5 Å². The number of imide groups is 2. The molecule has 0 bridgehead atoms. The third-order valence-corrected chi connectivity index (χ3v) is 7.35. The van der Waals surface area contributed by atoms with E-state index in [4.69, 9.17) is 0 Å². The minimum absolute atomic E-state index is 0.0850. The van der Waals surface area contributed by atoms with Crippen molar-refractivity contribution in [1.29, 1.82) is 0 Å². The molecular formula is C26H24N4O5S2. The summed E-state index contributed by atoms with van der Waals surface area (Å²) < 4.78 is 0. The first-order valence-corrected chi connectivity index (χ1v) is 12.9. The van der Waals surface area contributed by atoms with E-state index in [0.29, 0.717) is 16.2 Å². The Hall–Kier alpha value is -3.83. The zero-order valence-electron chi connectivity index (χ0n) is 20.4. The molecule has 2 aliphatic rings. The smallest absolute Gasteiger partial charge is 0.293 e. The Morgan fingerprint density at radius 2 is 1.22 bits per heavy atom. The molecule has 0 radical (unpaired) electrons. The maximum absolute atomic E-state index is 12.8. The molecule has 2 heterocycles. The first kappa shape index (κ1) is 26.2. The second-order valence-electron chi connectivity index (χ2n) is 8.46. The van der Waals surface area contributed by atoms with Crippen LogP contribution in [0.15, 0.2) is 58.3 Å². The molecule has 2 saturated heterocycles. The van der Waals surface area contributed by atoms with E-state index in [1.807, 2.05) is 43.3 Å². The van der Waals surface area contributed by atoms with Gasteiger partial charge in [0.05, 0.1) is 9.81 Å². The maximum atomic E-state index is 12.8. The fraction of sp³-hybridized carbons (Fsp3) is 0.192. The van der Waals surface area contributed by atoms with Crippen LogP contribution in [0.2, 0.25) is 0 Å².